The first-order valence-electron chi connectivity index (χ1n) is 10.1. The van der Waals surface area contributed by atoms with E-state index in [1.165, 1.54) is 4.31 Å². The molecule has 0 unspecified atom stereocenters. The molecule has 1 saturated heterocycles. The van der Waals surface area contributed by atoms with E-state index < -0.39 is 10.2 Å². The van der Waals surface area contributed by atoms with Gasteiger partial charge in [-0.25, -0.2) is 0 Å². The monoisotopic (exact) mass is 411 g/mol. The Labute approximate surface area is 168 Å². The molecule has 3 rings (SSSR count). The molecule has 0 radical (unpaired) electrons. The Bertz CT molecular complexity index is 833. The highest BCUT2D eigenvalue weighted by Gasteiger charge is 2.44. The van der Waals surface area contributed by atoms with Crippen molar-refractivity contribution in [1.29, 1.82) is 0 Å². The molecule has 1 saturated carbocycles. The number of nitrogens with one attached hydrogen (secondary N) is 1. The van der Waals surface area contributed by atoms with Gasteiger partial charge in [-0.2, -0.15) is 22.1 Å². The third kappa shape index (κ3) is 4.11. The van der Waals surface area contributed by atoms with Gasteiger partial charge in [0.2, 0.25) is 5.91 Å². The molecule has 1 aromatic heterocycles. The fraction of sp³-hybridized carbons (Fsp3) is 0.789. The molecule has 2 aliphatic rings. The summed E-state index contributed by atoms with van der Waals surface area (Å²) in [5.74, 6) is 0.577. The van der Waals surface area contributed by atoms with Gasteiger partial charge in [-0.15, -0.1) is 0 Å². The van der Waals surface area contributed by atoms with Crippen LogP contribution in [0.3, 0.4) is 0 Å². The average Bonchev–Trinajstić information content (AvgIpc) is 3.16. The summed E-state index contributed by atoms with van der Waals surface area (Å²) in [5, 5.41) is 7.62. The van der Waals surface area contributed by atoms with Crippen LogP contribution in [0, 0.1) is 25.7 Å². The van der Waals surface area contributed by atoms with Crippen LogP contribution >= 0.6 is 0 Å². The summed E-state index contributed by atoms with van der Waals surface area (Å²) in [4.78, 5) is 12.6. The first-order valence-corrected chi connectivity index (χ1v) is 11.5. The molecule has 158 valence electrons. The number of hydrogen-bond acceptors (Lipinski definition) is 4. The second kappa shape index (κ2) is 8.12. The fourth-order valence-corrected chi connectivity index (χ4v) is 5.93. The molecular formula is C19H33N5O3S. The van der Waals surface area contributed by atoms with E-state index in [-0.39, 0.29) is 17.9 Å². The van der Waals surface area contributed by atoms with Crippen LogP contribution in [0.15, 0.2) is 0 Å². The summed E-state index contributed by atoms with van der Waals surface area (Å²) in [6.07, 6.45) is 4.10. The summed E-state index contributed by atoms with van der Waals surface area (Å²) in [6.45, 7) is 5.06. The molecule has 28 heavy (non-hydrogen) atoms. The van der Waals surface area contributed by atoms with Crippen molar-refractivity contribution in [2.45, 2.75) is 52.0 Å². The standard InChI is InChI=1S/C19H33N5O3S/c1-13-16(14(2)23(5)21-13)9-10-19(25)20-18-8-6-7-15-11-24(12-17(15)18)28(26,27)22(3)4/h15,17-18H,6-12H2,1-5H3,(H,20,25)/t15-,17+,18-/m0/s1. The Morgan fingerprint density at radius 3 is 2.57 bits per heavy atom. The molecule has 1 aliphatic carbocycles. The minimum atomic E-state index is -3.40. The molecule has 8 nitrogen and oxygen atoms in total. The van der Waals surface area contributed by atoms with E-state index in [0.29, 0.717) is 31.8 Å². The smallest absolute Gasteiger partial charge is 0.281 e. The van der Waals surface area contributed by atoms with Crippen LogP contribution in [0.2, 0.25) is 0 Å². The van der Waals surface area contributed by atoms with Crippen molar-refractivity contribution in [2.75, 3.05) is 27.2 Å². The van der Waals surface area contributed by atoms with E-state index >= 15 is 0 Å². The zero-order valence-corrected chi connectivity index (χ0v) is 18.4. The lowest BCUT2D eigenvalue weighted by molar-refractivity contribution is -0.122. The van der Waals surface area contributed by atoms with Crippen molar-refractivity contribution in [2.24, 2.45) is 18.9 Å². The van der Waals surface area contributed by atoms with Crippen LogP contribution in [0.1, 0.15) is 42.6 Å². The highest BCUT2D eigenvalue weighted by Crippen LogP contribution is 2.37. The molecule has 9 heteroatoms. The van der Waals surface area contributed by atoms with Gasteiger partial charge >= 0.3 is 0 Å². The van der Waals surface area contributed by atoms with Crippen molar-refractivity contribution >= 4 is 16.1 Å². The Morgan fingerprint density at radius 2 is 1.96 bits per heavy atom. The van der Waals surface area contributed by atoms with Crippen molar-refractivity contribution in [3.8, 4) is 0 Å². The second-order valence-corrected chi connectivity index (χ2v) is 10.6. The van der Waals surface area contributed by atoms with Gasteiger partial charge in [-0.1, -0.05) is 6.42 Å². The predicted octanol–water partition coefficient (Wildman–Crippen LogP) is 0.993. The number of nitrogens with zero attached hydrogens (tertiary/aromatic N) is 4. The summed E-state index contributed by atoms with van der Waals surface area (Å²) >= 11 is 0. The predicted molar refractivity (Wildman–Crippen MR) is 108 cm³/mol. The van der Waals surface area contributed by atoms with Crippen LogP contribution in [0.25, 0.3) is 0 Å². The lowest BCUT2D eigenvalue weighted by Gasteiger charge is -2.33. The highest BCUT2D eigenvalue weighted by molar-refractivity contribution is 7.86. The first-order chi connectivity index (χ1) is 13.1. The maximum atomic E-state index is 12.6. The normalized spacial score (nSPS) is 25.9. The SMILES string of the molecule is Cc1nn(C)c(C)c1CCC(=O)N[C@H]1CCC[C@H]2CN(S(=O)(=O)N(C)C)C[C@H]21. The number of carbonyl (C=O) groups is 1. The van der Waals surface area contributed by atoms with Gasteiger partial charge in [0.05, 0.1) is 5.69 Å². The lowest BCUT2D eigenvalue weighted by Crippen LogP contribution is -2.46. The third-order valence-corrected chi connectivity index (χ3v) is 8.33. The molecule has 0 spiro atoms. The maximum absolute atomic E-state index is 12.6. The number of fused-ring (bicyclic) bond motifs is 1. The van der Waals surface area contributed by atoms with E-state index in [4.69, 9.17) is 0 Å². The number of carbonyl (C=O) groups excluding carboxylic acids is 1. The fourth-order valence-electron chi connectivity index (χ4n) is 4.73. The number of rotatable bonds is 6. The summed E-state index contributed by atoms with van der Waals surface area (Å²) in [5.41, 5.74) is 3.22. The topological polar surface area (TPSA) is 87.5 Å². The van der Waals surface area contributed by atoms with Crippen molar-refractivity contribution in [1.82, 2.24) is 23.7 Å². The van der Waals surface area contributed by atoms with Crippen LogP contribution in [0.5, 0.6) is 0 Å². The van der Waals surface area contributed by atoms with E-state index in [1.54, 1.807) is 18.4 Å². The van der Waals surface area contributed by atoms with Crippen LogP contribution < -0.4 is 5.32 Å². The van der Waals surface area contributed by atoms with Gasteiger partial charge in [0.15, 0.2) is 0 Å². The highest BCUT2D eigenvalue weighted by atomic mass is 32.2. The lowest BCUT2D eigenvalue weighted by atomic mass is 9.78. The molecule has 2 heterocycles. The summed E-state index contributed by atoms with van der Waals surface area (Å²) < 4.78 is 29.7. The molecule has 1 amide bonds. The van der Waals surface area contributed by atoms with Gasteiger partial charge in [0.25, 0.3) is 10.2 Å². The van der Waals surface area contributed by atoms with Crippen molar-refractivity contribution in [3.63, 3.8) is 0 Å². The van der Waals surface area contributed by atoms with E-state index in [9.17, 15) is 13.2 Å². The molecular weight excluding hydrogens is 378 g/mol. The van der Waals surface area contributed by atoms with E-state index in [0.717, 1.165) is 36.2 Å². The minimum Gasteiger partial charge on any atom is -0.353 e. The summed E-state index contributed by atoms with van der Waals surface area (Å²) in [7, 11) is 1.66. The third-order valence-electron chi connectivity index (χ3n) is 6.46. The largest absolute Gasteiger partial charge is 0.353 e. The minimum absolute atomic E-state index is 0.0437. The molecule has 1 N–H and O–H groups in total. The zero-order chi connectivity index (χ0) is 20.6. The molecule has 1 aromatic rings. The molecule has 2 fully saturated rings. The van der Waals surface area contributed by atoms with E-state index in [1.807, 2.05) is 25.6 Å². The number of aryl methyl sites for hydroxylation is 2. The Balaban J connectivity index is 1.60. The number of hydrogen-bond donors (Lipinski definition) is 1. The van der Waals surface area contributed by atoms with Crippen molar-refractivity contribution in [3.05, 3.63) is 17.0 Å². The Morgan fingerprint density at radius 1 is 1.25 bits per heavy atom. The summed E-state index contributed by atoms with van der Waals surface area (Å²) in [6, 6.07) is 0.0599. The van der Waals surface area contributed by atoms with Gasteiger partial charge in [0.1, 0.15) is 0 Å². The second-order valence-electron chi connectivity index (χ2n) is 8.41. The number of amides is 1. The Kier molecular flexibility index (Phi) is 6.17. The first kappa shape index (κ1) is 21.3. The van der Waals surface area contributed by atoms with Crippen LogP contribution in [-0.2, 0) is 28.5 Å². The van der Waals surface area contributed by atoms with Gasteiger partial charge in [-0.3, -0.25) is 9.48 Å². The van der Waals surface area contributed by atoms with Crippen molar-refractivity contribution < 1.29 is 13.2 Å². The van der Waals surface area contributed by atoms with Gasteiger partial charge in [0, 0.05) is 52.4 Å². The molecule has 3 atom stereocenters. The number of aromatic nitrogens is 2. The maximum Gasteiger partial charge on any atom is 0.281 e. The molecule has 0 aromatic carbocycles. The van der Waals surface area contributed by atoms with E-state index in [2.05, 4.69) is 10.4 Å². The van der Waals surface area contributed by atoms with Crippen LogP contribution in [0.4, 0.5) is 0 Å². The quantitative estimate of drug-likeness (QED) is 0.756. The van der Waals surface area contributed by atoms with Gasteiger partial charge in [-0.05, 0) is 50.5 Å². The molecule has 0 bridgehead atoms. The average molecular weight is 412 g/mol. The zero-order valence-electron chi connectivity index (χ0n) is 17.6. The molecule has 1 aliphatic heterocycles. The Hall–Kier alpha value is -1.45. The van der Waals surface area contributed by atoms with Crippen LogP contribution in [-0.4, -0.2) is 65.9 Å². The van der Waals surface area contributed by atoms with Gasteiger partial charge < -0.3 is 5.32 Å².